The fourth-order valence-corrected chi connectivity index (χ4v) is 3.77. The van der Waals surface area contributed by atoms with Crippen molar-refractivity contribution in [3.63, 3.8) is 0 Å². The molecule has 3 N–H and O–H groups in total. The molecule has 3 rings (SSSR count). The Labute approximate surface area is 167 Å². The lowest BCUT2D eigenvalue weighted by molar-refractivity contribution is -0.130. The predicted molar refractivity (Wildman–Crippen MR) is 108 cm³/mol. The van der Waals surface area contributed by atoms with E-state index in [1.807, 2.05) is 30.3 Å². The van der Waals surface area contributed by atoms with Crippen molar-refractivity contribution in [2.24, 2.45) is 5.73 Å². The van der Waals surface area contributed by atoms with Crippen molar-refractivity contribution in [3.05, 3.63) is 69.7 Å². The summed E-state index contributed by atoms with van der Waals surface area (Å²) >= 11 is 3.45. The molecular formula is C21H23BrN2O3. The van der Waals surface area contributed by atoms with Gasteiger partial charge in [-0.05, 0) is 54.7 Å². The number of primary amides is 1. The molecular weight excluding hydrogens is 408 g/mol. The van der Waals surface area contributed by atoms with Crippen LogP contribution in [0.25, 0.3) is 0 Å². The highest BCUT2D eigenvalue weighted by Crippen LogP contribution is 2.35. The molecule has 142 valence electrons. The van der Waals surface area contributed by atoms with E-state index in [0.717, 1.165) is 15.6 Å². The van der Waals surface area contributed by atoms with Gasteiger partial charge in [0.25, 0.3) is 0 Å². The van der Waals surface area contributed by atoms with Crippen molar-refractivity contribution in [1.29, 1.82) is 0 Å². The van der Waals surface area contributed by atoms with Gasteiger partial charge in [0.2, 0.25) is 11.8 Å². The summed E-state index contributed by atoms with van der Waals surface area (Å²) in [7, 11) is 0. The highest BCUT2D eigenvalue weighted by molar-refractivity contribution is 9.10. The van der Waals surface area contributed by atoms with Crippen LogP contribution in [0.15, 0.2) is 53.0 Å². The van der Waals surface area contributed by atoms with E-state index in [4.69, 9.17) is 10.5 Å². The molecule has 1 saturated heterocycles. The largest absolute Gasteiger partial charge is 0.381 e. The zero-order valence-electron chi connectivity index (χ0n) is 15.0. The van der Waals surface area contributed by atoms with Crippen LogP contribution < -0.4 is 11.1 Å². The Morgan fingerprint density at radius 3 is 2.48 bits per heavy atom. The van der Waals surface area contributed by atoms with Crippen LogP contribution >= 0.6 is 15.9 Å². The first-order valence-corrected chi connectivity index (χ1v) is 9.81. The third kappa shape index (κ3) is 4.57. The maximum atomic E-state index is 13.1. The number of nitrogens with one attached hydrogen (secondary N) is 1. The van der Waals surface area contributed by atoms with E-state index in [1.165, 1.54) is 0 Å². The van der Waals surface area contributed by atoms with Crippen molar-refractivity contribution in [1.82, 2.24) is 5.32 Å². The van der Waals surface area contributed by atoms with Crippen LogP contribution in [0.1, 0.15) is 34.3 Å². The Bertz CT molecular complexity index is 814. The number of nitrogens with two attached hydrogens (primary N) is 1. The molecule has 0 aliphatic carbocycles. The molecule has 6 heteroatoms. The average Bonchev–Trinajstić information content (AvgIpc) is 2.69. The molecule has 0 atom stereocenters. The first kappa shape index (κ1) is 19.6. The monoisotopic (exact) mass is 430 g/mol. The van der Waals surface area contributed by atoms with Crippen molar-refractivity contribution in [3.8, 4) is 0 Å². The zero-order chi connectivity index (χ0) is 19.3. The SMILES string of the molecule is NC(=O)c1cccc(CCNC(=O)C2(c3ccc(Br)cc3)CCOCC2)c1. The number of amides is 2. The molecule has 0 spiro atoms. The number of hydrogen-bond acceptors (Lipinski definition) is 3. The average molecular weight is 431 g/mol. The molecule has 1 aliphatic heterocycles. The lowest BCUT2D eigenvalue weighted by Gasteiger charge is -2.36. The molecule has 0 radical (unpaired) electrons. The van der Waals surface area contributed by atoms with Crippen LogP contribution in [0.5, 0.6) is 0 Å². The van der Waals surface area contributed by atoms with Gasteiger partial charge in [0, 0.05) is 29.8 Å². The summed E-state index contributed by atoms with van der Waals surface area (Å²) in [5, 5.41) is 3.08. The van der Waals surface area contributed by atoms with Crippen LogP contribution in [-0.4, -0.2) is 31.6 Å². The molecule has 0 bridgehead atoms. The molecule has 1 aliphatic rings. The number of carbonyl (C=O) groups is 2. The van der Waals surface area contributed by atoms with E-state index in [9.17, 15) is 9.59 Å². The fraction of sp³-hybridized carbons (Fsp3) is 0.333. The van der Waals surface area contributed by atoms with Crippen molar-refractivity contribution in [2.45, 2.75) is 24.7 Å². The summed E-state index contributed by atoms with van der Waals surface area (Å²) in [6.07, 6.45) is 1.97. The Morgan fingerprint density at radius 2 is 1.81 bits per heavy atom. The van der Waals surface area contributed by atoms with E-state index >= 15 is 0 Å². The van der Waals surface area contributed by atoms with Crippen LogP contribution in [0, 0.1) is 0 Å². The summed E-state index contributed by atoms with van der Waals surface area (Å²) in [5.41, 5.74) is 7.23. The van der Waals surface area contributed by atoms with Gasteiger partial charge >= 0.3 is 0 Å². The van der Waals surface area contributed by atoms with Gasteiger partial charge < -0.3 is 15.8 Å². The first-order valence-electron chi connectivity index (χ1n) is 9.02. The minimum atomic E-state index is -0.561. The molecule has 27 heavy (non-hydrogen) atoms. The lowest BCUT2D eigenvalue weighted by atomic mass is 9.73. The van der Waals surface area contributed by atoms with E-state index in [-0.39, 0.29) is 5.91 Å². The highest BCUT2D eigenvalue weighted by atomic mass is 79.9. The van der Waals surface area contributed by atoms with Crippen LogP contribution in [0.3, 0.4) is 0 Å². The molecule has 0 aromatic heterocycles. The van der Waals surface area contributed by atoms with E-state index < -0.39 is 11.3 Å². The van der Waals surface area contributed by atoms with Gasteiger partial charge in [0.05, 0.1) is 5.41 Å². The minimum absolute atomic E-state index is 0.0270. The first-order chi connectivity index (χ1) is 13.0. The second-order valence-electron chi connectivity index (χ2n) is 6.77. The number of rotatable bonds is 6. The zero-order valence-corrected chi connectivity index (χ0v) is 16.6. The maximum absolute atomic E-state index is 13.1. The summed E-state index contributed by atoms with van der Waals surface area (Å²) in [6.45, 7) is 1.65. The van der Waals surface area contributed by atoms with Crippen LogP contribution in [0.2, 0.25) is 0 Å². The van der Waals surface area contributed by atoms with Crippen molar-refractivity contribution >= 4 is 27.7 Å². The lowest BCUT2D eigenvalue weighted by Crippen LogP contribution is -2.48. The smallest absolute Gasteiger partial charge is 0.248 e. The standard InChI is InChI=1S/C21H23BrN2O3/c22-18-6-4-17(5-7-18)21(9-12-27-13-10-21)20(26)24-11-8-15-2-1-3-16(14-15)19(23)25/h1-7,14H,8-13H2,(H2,23,25)(H,24,26). The second kappa shape index (κ2) is 8.67. The fourth-order valence-electron chi connectivity index (χ4n) is 3.51. The summed E-state index contributed by atoms with van der Waals surface area (Å²) in [5.74, 6) is -0.420. The van der Waals surface area contributed by atoms with E-state index in [0.29, 0.717) is 44.6 Å². The van der Waals surface area contributed by atoms with Gasteiger partial charge in [-0.15, -0.1) is 0 Å². The van der Waals surface area contributed by atoms with Gasteiger partial charge in [-0.1, -0.05) is 40.2 Å². The summed E-state index contributed by atoms with van der Waals surface area (Å²) in [6, 6.07) is 15.1. The maximum Gasteiger partial charge on any atom is 0.248 e. The molecule has 1 fully saturated rings. The van der Waals surface area contributed by atoms with Gasteiger partial charge in [-0.2, -0.15) is 0 Å². The second-order valence-corrected chi connectivity index (χ2v) is 7.69. The third-order valence-electron chi connectivity index (χ3n) is 5.09. The molecule has 2 amide bonds. The molecule has 1 heterocycles. The minimum Gasteiger partial charge on any atom is -0.381 e. The number of benzene rings is 2. The van der Waals surface area contributed by atoms with E-state index in [2.05, 4.69) is 21.2 Å². The number of hydrogen-bond donors (Lipinski definition) is 2. The van der Waals surface area contributed by atoms with Gasteiger partial charge in [-0.3, -0.25) is 9.59 Å². The van der Waals surface area contributed by atoms with Crippen molar-refractivity contribution in [2.75, 3.05) is 19.8 Å². The normalized spacial score (nSPS) is 15.9. The third-order valence-corrected chi connectivity index (χ3v) is 5.62. The topological polar surface area (TPSA) is 81.4 Å². The quantitative estimate of drug-likeness (QED) is 0.738. The Balaban J connectivity index is 1.69. The highest BCUT2D eigenvalue weighted by Gasteiger charge is 2.41. The van der Waals surface area contributed by atoms with Gasteiger partial charge in [0.1, 0.15) is 0 Å². The molecule has 0 saturated carbocycles. The van der Waals surface area contributed by atoms with Crippen LogP contribution in [-0.2, 0) is 21.4 Å². The summed E-state index contributed by atoms with van der Waals surface area (Å²) < 4.78 is 6.49. The Kier molecular flexibility index (Phi) is 6.29. The molecule has 5 nitrogen and oxygen atoms in total. The van der Waals surface area contributed by atoms with Gasteiger partial charge in [0.15, 0.2) is 0 Å². The Hall–Kier alpha value is -2.18. The number of halogens is 1. The van der Waals surface area contributed by atoms with Crippen LogP contribution in [0.4, 0.5) is 0 Å². The Morgan fingerprint density at radius 1 is 1.11 bits per heavy atom. The molecule has 0 unspecified atom stereocenters. The molecule has 2 aromatic carbocycles. The van der Waals surface area contributed by atoms with Crippen molar-refractivity contribution < 1.29 is 14.3 Å². The number of carbonyl (C=O) groups excluding carboxylic acids is 2. The predicted octanol–water partition coefficient (Wildman–Crippen LogP) is 2.96. The number of ether oxygens (including phenoxy) is 1. The summed E-state index contributed by atoms with van der Waals surface area (Å²) in [4.78, 5) is 24.4. The van der Waals surface area contributed by atoms with E-state index in [1.54, 1.807) is 18.2 Å². The molecule has 2 aromatic rings. The van der Waals surface area contributed by atoms with Gasteiger partial charge in [-0.25, -0.2) is 0 Å².